The Hall–Kier alpha value is -3.42. The lowest BCUT2D eigenvalue weighted by Crippen LogP contribution is -2.42. The van der Waals surface area contributed by atoms with E-state index in [-0.39, 0.29) is 36.9 Å². The van der Waals surface area contributed by atoms with Gasteiger partial charge < -0.3 is 19.7 Å². The number of rotatable bonds is 9. The topological polar surface area (TPSA) is 84.9 Å². The fraction of sp³-hybridized carbons (Fsp3) is 0.286. The number of hydrogen-bond donors (Lipinski definition) is 1. The Balaban J connectivity index is 1.81. The highest BCUT2D eigenvalue weighted by atomic mass is 19.1. The molecular formula is C21H23FN2O5. The average molecular weight is 402 g/mol. The van der Waals surface area contributed by atoms with Crippen LogP contribution in [0.1, 0.15) is 22.8 Å². The highest BCUT2D eigenvalue weighted by Crippen LogP contribution is 2.13. The maximum absolute atomic E-state index is 12.9. The summed E-state index contributed by atoms with van der Waals surface area (Å²) in [5.41, 5.74) is 0.999. The van der Waals surface area contributed by atoms with Crippen LogP contribution in [0.15, 0.2) is 48.5 Å². The number of hydrogen-bond acceptors (Lipinski definition) is 5. The van der Waals surface area contributed by atoms with Gasteiger partial charge in [0.1, 0.15) is 11.6 Å². The molecule has 29 heavy (non-hydrogen) atoms. The van der Waals surface area contributed by atoms with E-state index in [4.69, 9.17) is 9.47 Å². The quantitative estimate of drug-likeness (QED) is 0.650. The molecule has 0 saturated heterocycles. The lowest BCUT2D eigenvalue weighted by molar-refractivity contribution is -0.138. The smallest absolute Gasteiger partial charge is 0.338 e. The molecule has 2 rings (SSSR count). The molecule has 8 heteroatoms. The third-order valence-electron chi connectivity index (χ3n) is 4.10. The SMILES string of the molecule is CCN(CC(=O)NCc1ccc(F)cc1)C(=O)COC(=O)c1cccc(OC)c1. The first-order valence-electron chi connectivity index (χ1n) is 9.03. The van der Waals surface area contributed by atoms with Gasteiger partial charge in [-0.25, -0.2) is 9.18 Å². The van der Waals surface area contributed by atoms with Gasteiger partial charge in [-0.05, 0) is 42.8 Å². The molecule has 0 aliphatic rings. The molecule has 1 N–H and O–H groups in total. The second-order valence-corrected chi connectivity index (χ2v) is 6.12. The first kappa shape index (κ1) is 21.9. The van der Waals surface area contributed by atoms with E-state index >= 15 is 0 Å². The summed E-state index contributed by atoms with van der Waals surface area (Å²) in [5.74, 6) is -1.37. The van der Waals surface area contributed by atoms with Gasteiger partial charge in [-0.1, -0.05) is 18.2 Å². The normalized spacial score (nSPS) is 10.2. The summed E-state index contributed by atoms with van der Waals surface area (Å²) < 4.78 is 23.0. The summed E-state index contributed by atoms with van der Waals surface area (Å²) in [4.78, 5) is 37.7. The molecule has 0 radical (unpaired) electrons. The number of halogens is 1. The lowest BCUT2D eigenvalue weighted by Gasteiger charge is -2.20. The Morgan fingerprint density at radius 1 is 1.10 bits per heavy atom. The van der Waals surface area contributed by atoms with Gasteiger partial charge in [-0.2, -0.15) is 0 Å². The van der Waals surface area contributed by atoms with E-state index in [1.807, 2.05) is 0 Å². The van der Waals surface area contributed by atoms with Crippen molar-refractivity contribution in [3.63, 3.8) is 0 Å². The summed E-state index contributed by atoms with van der Waals surface area (Å²) in [6.07, 6.45) is 0. The number of amides is 2. The van der Waals surface area contributed by atoms with Crippen molar-refractivity contribution in [1.29, 1.82) is 0 Å². The molecule has 0 saturated carbocycles. The summed E-state index contributed by atoms with van der Waals surface area (Å²) >= 11 is 0. The number of likely N-dealkylation sites (N-methyl/N-ethyl adjacent to an activating group) is 1. The van der Waals surface area contributed by atoms with Crippen molar-refractivity contribution in [3.05, 3.63) is 65.5 Å². The Morgan fingerprint density at radius 3 is 2.48 bits per heavy atom. The van der Waals surface area contributed by atoms with Crippen molar-refractivity contribution in [2.45, 2.75) is 13.5 Å². The van der Waals surface area contributed by atoms with Gasteiger partial charge in [-0.3, -0.25) is 9.59 Å². The Kier molecular flexibility index (Phi) is 8.14. The van der Waals surface area contributed by atoms with Crippen LogP contribution >= 0.6 is 0 Å². The summed E-state index contributed by atoms with van der Waals surface area (Å²) in [6, 6.07) is 12.1. The molecule has 0 bridgehead atoms. The predicted octanol–water partition coefficient (Wildman–Crippen LogP) is 2.16. The van der Waals surface area contributed by atoms with Crippen LogP contribution in [0.25, 0.3) is 0 Å². The zero-order valence-electron chi connectivity index (χ0n) is 16.3. The maximum Gasteiger partial charge on any atom is 0.338 e. The minimum atomic E-state index is -0.658. The molecule has 2 aromatic carbocycles. The molecule has 0 heterocycles. The maximum atomic E-state index is 12.9. The van der Waals surface area contributed by atoms with E-state index in [0.29, 0.717) is 5.75 Å². The van der Waals surface area contributed by atoms with E-state index in [0.717, 1.165) is 5.56 Å². The molecule has 0 aliphatic carbocycles. The van der Waals surface area contributed by atoms with Gasteiger partial charge in [0.15, 0.2) is 6.61 Å². The summed E-state index contributed by atoms with van der Waals surface area (Å²) in [7, 11) is 1.48. The summed E-state index contributed by atoms with van der Waals surface area (Å²) in [5, 5.41) is 2.66. The number of nitrogens with zero attached hydrogens (tertiary/aromatic N) is 1. The third kappa shape index (κ3) is 6.91. The minimum Gasteiger partial charge on any atom is -0.497 e. The molecular weight excluding hydrogens is 379 g/mol. The van der Waals surface area contributed by atoms with E-state index < -0.39 is 18.5 Å². The van der Waals surface area contributed by atoms with Crippen LogP contribution in [0.2, 0.25) is 0 Å². The van der Waals surface area contributed by atoms with E-state index in [1.54, 1.807) is 37.3 Å². The van der Waals surface area contributed by atoms with Crippen LogP contribution in [0.5, 0.6) is 5.75 Å². The molecule has 0 aromatic heterocycles. The number of methoxy groups -OCH3 is 1. The fourth-order valence-electron chi connectivity index (χ4n) is 2.46. The molecule has 154 valence electrons. The Labute approximate surface area is 168 Å². The standard InChI is InChI=1S/C21H23FN2O5/c1-3-24(13-19(25)23-12-15-7-9-17(22)10-8-15)20(26)14-29-21(27)16-5-4-6-18(11-16)28-2/h4-11H,3,12-14H2,1-2H3,(H,23,25). The zero-order valence-corrected chi connectivity index (χ0v) is 16.3. The molecule has 2 aromatic rings. The van der Waals surface area contributed by atoms with Gasteiger partial charge in [0.05, 0.1) is 19.2 Å². The van der Waals surface area contributed by atoms with Crippen molar-refractivity contribution >= 4 is 17.8 Å². The fourth-order valence-corrected chi connectivity index (χ4v) is 2.46. The van der Waals surface area contributed by atoms with Crippen LogP contribution in [-0.4, -0.2) is 49.5 Å². The van der Waals surface area contributed by atoms with E-state index in [1.165, 1.54) is 30.2 Å². The van der Waals surface area contributed by atoms with Crippen LogP contribution in [0.3, 0.4) is 0 Å². The summed E-state index contributed by atoms with van der Waals surface area (Å²) in [6.45, 7) is 1.56. The molecule has 2 amide bonds. The molecule has 0 unspecified atom stereocenters. The lowest BCUT2D eigenvalue weighted by atomic mass is 10.2. The van der Waals surface area contributed by atoms with E-state index in [9.17, 15) is 18.8 Å². The van der Waals surface area contributed by atoms with Gasteiger partial charge >= 0.3 is 5.97 Å². The largest absolute Gasteiger partial charge is 0.497 e. The molecule has 0 spiro atoms. The van der Waals surface area contributed by atoms with Crippen molar-refractivity contribution in [2.75, 3.05) is 26.8 Å². The van der Waals surface area contributed by atoms with Gasteiger partial charge in [-0.15, -0.1) is 0 Å². The van der Waals surface area contributed by atoms with E-state index in [2.05, 4.69) is 5.32 Å². The molecule has 7 nitrogen and oxygen atoms in total. The van der Waals surface area contributed by atoms with Crippen molar-refractivity contribution in [2.24, 2.45) is 0 Å². The second-order valence-electron chi connectivity index (χ2n) is 6.12. The number of ether oxygens (including phenoxy) is 2. The van der Waals surface area contributed by atoms with Gasteiger partial charge in [0.25, 0.3) is 5.91 Å². The van der Waals surface area contributed by atoms with Crippen molar-refractivity contribution in [3.8, 4) is 5.75 Å². The number of carbonyl (C=O) groups excluding carboxylic acids is 3. The van der Waals surface area contributed by atoms with Crippen LogP contribution < -0.4 is 10.1 Å². The Morgan fingerprint density at radius 2 is 1.83 bits per heavy atom. The monoisotopic (exact) mass is 402 g/mol. The van der Waals surface area contributed by atoms with Crippen molar-refractivity contribution < 1.29 is 28.2 Å². The predicted molar refractivity (Wildman–Crippen MR) is 104 cm³/mol. The van der Waals surface area contributed by atoms with Gasteiger partial charge in [0.2, 0.25) is 5.91 Å². The molecule has 0 fully saturated rings. The number of carbonyl (C=O) groups is 3. The van der Waals surface area contributed by atoms with Crippen LogP contribution in [0, 0.1) is 5.82 Å². The zero-order chi connectivity index (χ0) is 21.2. The Bertz CT molecular complexity index is 854. The van der Waals surface area contributed by atoms with Crippen LogP contribution in [0.4, 0.5) is 4.39 Å². The number of esters is 1. The first-order chi connectivity index (χ1) is 13.9. The second kappa shape index (κ2) is 10.8. The highest BCUT2D eigenvalue weighted by Gasteiger charge is 2.18. The highest BCUT2D eigenvalue weighted by molar-refractivity contribution is 5.92. The molecule has 0 atom stereocenters. The molecule has 0 aliphatic heterocycles. The van der Waals surface area contributed by atoms with Crippen molar-refractivity contribution in [1.82, 2.24) is 10.2 Å². The third-order valence-corrected chi connectivity index (χ3v) is 4.10. The average Bonchev–Trinajstić information content (AvgIpc) is 2.75. The van der Waals surface area contributed by atoms with Gasteiger partial charge in [0, 0.05) is 13.1 Å². The number of benzene rings is 2. The minimum absolute atomic E-state index is 0.173. The number of nitrogens with one attached hydrogen (secondary N) is 1. The van der Waals surface area contributed by atoms with Crippen LogP contribution in [-0.2, 0) is 20.9 Å². The first-order valence-corrected chi connectivity index (χ1v) is 9.03.